The smallest absolute Gasteiger partial charge is 0.242 e. The van der Waals surface area contributed by atoms with E-state index in [1.807, 2.05) is 0 Å². The van der Waals surface area contributed by atoms with E-state index in [4.69, 9.17) is 5.73 Å². The van der Waals surface area contributed by atoms with E-state index in [1.54, 1.807) is 6.92 Å². The lowest BCUT2D eigenvalue weighted by Crippen LogP contribution is -2.46. The first-order chi connectivity index (χ1) is 11.3. The van der Waals surface area contributed by atoms with Crippen LogP contribution in [0.25, 0.3) is 0 Å². The van der Waals surface area contributed by atoms with Gasteiger partial charge in [0.15, 0.2) is 11.6 Å². The Bertz CT molecular complexity index is 645. The molecule has 1 fully saturated rings. The van der Waals surface area contributed by atoms with Gasteiger partial charge < -0.3 is 16.0 Å². The Kier molecular flexibility index (Phi) is 7.69. The lowest BCUT2D eigenvalue weighted by atomic mass is 10.0. The summed E-state index contributed by atoms with van der Waals surface area (Å²) in [6.07, 6.45) is 0.411. The highest BCUT2D eigenvalue weighted by molar-refractivity contribution is 5.87. The van der Waals surface area contributed by atoms with Crippen LogP contribution in [0.1, 0.15) is 25.3 Å². The normalized spacial score (nSPS) is 18.8. The van der Waals surface area contributed by atoms with Crippen LogP contribution in [0.5, 0.6) is 0 Å². The Morgan fingerprint density at radius 1 is 1.32 bits per heavy atom. The summed E-state index contributed by atoms with van der Waals surface area (Å²) in [5.74, 6) is -3.90. The van der Waals surface area contributed by atoms with Crippen LogP contribution in [-0.2, 0) is 16.0 Å². The number of nitrogens with one attached hydrogen (secondary N) is 1. The second kappa shape index (κ2) is 9.05. The zero-order chi connectivity index (χ0) is 17.9. The van der Waals surface area contributed by atoms with Gasteiger partial charge in [-0.2, -0.15) is 0 Å². The molecule has 0 aromatic heterocycles. The standard InChI is InChI=1S/C16H20F3N3O2.ClH/c1-9-16(24)21-3-2-4-22(9)15(23)7-11(20)5-10-6-13(18)14(19)8-12(10)17;/h6,8-9,11H,2-5,7,20H2,1H3,(H,21,24);1H/t9-,11-;/m1./s1. The molecule has 25 heavy (non-hydrogen) atoms. The molecule has 1 heterocycles. The van der Waals surface area contributed by atoms with E-state index in [0.29, 0.717) is 25.6 Å². The molecule has 1 aliphatic heterocycles. The molecule has 2 atom stereocenters. The molecule has 0 radical (unpaired) electrons. The fraction of sp³-hybridized carbons (Fsp3) is 0.500. The number of carbonyl (C=O) groups excluding carboxylic acids is 2. The van der Waals surface area contributed by atoms with Crippen LogP contribution in [0.2, 0.25) is 0 Å². The summed E-state index contributed by atoms with van der Waals surface area (Å²) in [6.45, 7) is 2.54. The second-order valence-electron chi connectivity index (χ2n) is 5.93. The number of hydrogen-bond acceptors (Lipinski definition) is 3. The number of nitrogens with zero attached hydrogens (tertiary/aromatic N) is 1. The summed E-state index contributed by atoms with van der Waals surface area (Å²) >= 11 is 0. The lowest BCUT2D eigenvalue weighted by Gasteiger charge is -2.26. The van der Waals surface area contributed by atoms with Crippen LogP contribution >= 0.6 is 12.4 Å². The first-order valence-electron chi connectivity index (χ1n) is 7.75. The van der Waals surface area contributed by atoms with Crippen molar-refractivity contribution in [3.63, 3.8) is 0 Å². The molecule has 0 bridgehead atoms. The van der Waals surface area contributed by atoms with Gasteiger partial charge in [0.05, 0.1) is 0 Å². The van der Waals surface area contributed by atoms with Crippen molar-refractivity contribution in [1.29, 1.82) is 0 Å². The number of carbonyl (C=O) groups is 2. The first kappa shape index (κ1) is 21.2. The minimum atomic E-state index is -1.27. The van der Waals surface area contributed by atoms with E-state index in [0.717, 1.165) is 6.07 Å². The monoisotopic (exact) mass is 379 g/mol. The second-order valence-corrected chi connectivity index (χ2v) is 5.93. The van der Waals surface area contributed by atoms with Crippen LogP contribution in [0.15, 0.2) is 12.1 Å². The quantitative estimate of drug-likeness (QED) is 0.779. The molecule has 9 heteroatoms. The topological polar surface area (TPSA) is 75.4 Å². The number of amides is 2. The van der Waals surface area contributed by atoms with Crippen LogP contribution in [0.3, 0.4) is 0 Å². The first-order valence-corrected chi connectivity index (χ1v) is 7.75. The van der Waals surface area contributed by atoms with Gasteiger partial charge in [0.2, 0.25) is 11.8 Å². The maximum absolute atomic E-state index is 13.6. The SMILES string of the molecule is C[C@@H]1C(=O)NCCCN1C(=O)C[C@H](N)Cc1cc(F)c(F)cc1F.Cl. The molecule has 0 unspecified atom stereocenters. The van der Waals surface area contributed by atoms with E-state index in [1.165, 1.54) is 4.90 Å². The third kappa shape index (κ3) is 5.34. The van der Waals surface area contributed by atoms with E-state index >= 15 is 0 Å². The molecule has 2 amide bonds. The third-order valence-electron chi connectivity index (χ3n) is 4.05. The molecule has 1 aromatic rings. The zero-order valence-electron chi connectivity index (χ0n) is 13.7. The van der Waals surface area contributed by atoms with Crippen molar-refractivity contribution in [2.45, 2.75) is 38.3 Å². The van der Waals surface area contributed by atoms with Gasteiger partial charge in [-0.3, -0.25) is 9.59 Å². The highest BCUT2D eigenvalue weighted by Gasteiger charge is 2.28. The summed E-state index contributed by atoms with van der Waals surface area (Å²) in [6, 6.07) is -0.167. The van der Waals surface area contributed by atoms with Gasteiger partial charge in [-0.05, 0) is 31.4 Å². The molecule has 1 aromatic carbocycles. The molecule has 0 saturated carbocycles. The summed E-state index contributed by atoms with van der Waals surface area (Å²) in [5, 5.41) is 2.70. The van der Waals surface area contributed by atoms with Crippen molar-refractivity contribution >= 4 is 24.2 Å². The zero-order valence-corrected chi connectivity index (χ0v) is 14.5. The van der Waals surface area contributed by atoms with Crippen LogP contribution in [-0.4, -0.2) is 41.9 Å². The summed E-state index contributed by atoms with van der Waals surface area (Å²) in [7, 11) is 0. The number of halogens is 4. The Morgan fingerprint density at radius 2 is 1.96 bits per heavy atom. The van der Waals surface area contributed by atoms with E-state index in [-0.39, 0.29) is 42.6 Å². The van der Waals surface area contributed by atoms with Crippen LogP contribution in [0.4, 0.5) is 13.2 Å². The van der Waals surface area contributed by atoms with Gasteiger partial charge in [-0.25, -0.2) is 13.2 Å². The molecule has 0 aliphatic carbocycles. The minimum absolute atomic E-state index is 0. The largest absolute Gasteiger partial charge is 0.354 e. The average Bonchev–Trinajstić information content (AvgIpc) is 2.67. The summed E-state index contributed by atoms with van der Waals surface area (Å²) < 4.78 is 39.8. The number of hydrogen-bond donors (Lipinski definition) is 2. The van der Waals surface area contributed by atoms with Gasteiger partial charge in [-0.1, -0.05) is 0 Å². The molecule has 0 spiro atoms. The van der Waals surface area contributed by atoms with Crippen molar-refractivity contribution in [2.75, 3.05) is 13.1 Å². The summed E-state index contributed by atoms with van der Waals surface area (Å²) in [4.78, 5) is 25.5. The number of benzene rings is 1. The molecule has 2 rings (SSSR count). The van der Waals surface area contributed by atoms with Crippen molar-refractivity contribution in [3.8, 4) is 0 Å². The molecule has 1 aliphatic rings. The molecule has 5 nitrogen and oxygen atoms in total. The van der Waals surface area contributed by atoms with E-state index < -0.39 is 29.5 Å². The summed E-state index contributed by atoms with van der Waals surface area (Å²) in [5.41, 5.74) is 5.77. The van der Waals surface area contributed by atoms with E-state index in [2.05, 4.69) is 5.32 Å². The van der Waals surface area contributed by atoms with Crippen molar-refractivity contribution in [1.82, 2.24) is 10.2 Å². The predicted octanol–water partition coefficient (Wildman–Crippen LogP) is 1.52. The van der Waals surface area contributed by atoms with E-state index in [9.17, 15) is 22.8 Å². The third-order valence-corrected chi connectivity index (χ3v) is 4.05. The molecular weight excluding hydrogens is 359 g/mol. The van der Waals surface area contributed by atoms with Gasteiger partial charge in [0, 0.05) is 31.6 Å². The van der Waals surface area contributed by atoms with Gasteiger partial charge in [0.25, 0.3) is 0 Å². The average molecular weight is 380 g/mol. The number of rotatable bonds is 4. The van der Waals surface area contributed by atoms with Gasteiger partial charge in [0.1, 0.15) is 11.9 Å². The molecule has 1 saturated heterocycles. The van der Waals surface area contributed by atoms with Crippen LogP contribution < -0.4 is 11.1 Å². The van der Waals surface area contributed by atoms with Gasteiger partial charge in [-0.15, -0.1) is 12.4 Å². The number of nitrogens with two attached hydrogens (primary N) is 1. The molecule has 140 valence electrons. The van der Waals surface area contributed by atoms with Gasteiger partial charge >= 0.3 is 0 Å². The molecule has 3 N–H and O–H groups in total. The maximum atomic E-state index is 13.6. The fourth-order valence-electron chi connectivity index (χ4n) is 2.70. The van der Waals surface area contributed by atoms with Crippen molar-refractivity contribution < 1.29 is 22.8 Å². The minimum Gasteiger partial charge on any atom is -0.354 e. The van der Waals surface area contributed by atoms with Crippen molar-refractivity contribution in [2.24, 2.45) is 5.73 Å². The Morgan fingerprint density at radius 3 is 2.64 bits per heavy atom. The Labute approximate surface area is 150 Å². The van der Waals surface area contributed by atoms with Crippen molar-refractivity contribution in [3.05, 3.63) is 35.1 Å². The maximum Gasteiger partial charge on any atom is 0.242 e. The molecular formula is C16H21ClF3N3O2. The lowest BCUT2D eigenvalue weighted by molar-refractivity contribution is -0.139. The predicted molar refractivity (Wildman–Crippen MR) is 88.7 cm³/mol. The van der Waals surface area contributed by atoms with Crippen LogP contribution in [0, 0.1) is 17.5 Å². The highest BCUT2D eigenvalue weighted by atomic mass is 35.5. The highest BCUT2D eigenvalue weighted by Crippen LogP contribution is 2.16. The fourth-order valence-corrected chi connectivity index (χ4v) is 2.70. The Hall–Kier alpha value is -1.80. The Balaban J connectivity index is 0.00000312.